The van der Waals surface area contributed by atoms with Crippen LogP contribution in [0.3, 0.4) is 0 Å². The maximum absolute atomic E-state index is 13.0. The number of hydrogen-bond acceptors (Lipinski definition) is 5. The van der Waals surface area contributed by atoms with Crippen molar-refractivity contribution in [3.05, 3.63) is 88.5 Å². The second-order valence-corrected chi connectivity index (χ2v) is 10.7. The molecule has 0 atom stereocenters. The summed E-state index contributed by atoms with van der Waals surface area (Å²) in [5.74, 6) is -1.56. The van der Waals surface area contributed by atoms with Crippen molar-refractivity contribution in [2.24, 2.45) is 0 Å². The fraction of sp³-hybridized carbons (Fsp3) is 0.276. The van der Waals surface area contributed by atoms with Gasteiger partial charge in [-0.05, 0) is 71.5 Å². The monoisotopic (exact) mass is 489 g/mol. The molecule has 0 aromatic heterocycles. The molecule has 7 heteroatoms. The first-order valence-electron chi connectivity index (χ1n) is 11.5. The van der Waals surface area contributed by atoms with Gasteiger partial charge in [-0.25, -0.2) is 9.59 Å². The minimum atomic E-state index is -1.05. The highest BCUT2D eigenvalue weighted by atomic mass is 16.5. The Morgan fingerprint density at radius 1 is 0.722 bits per heavy atom. The number of amides is 1. The molecule has 188 valence electrons. The predicted molar refractivity (Wildman–Crippen MR) is 138 cm³/mol. The number of ether oxygens (including phenoxy) is 1. The summed E-state index contributed by atoms with van der Waals surface area (Å²) in [7, 11) is 0. The second-order valence-electron chi connectivity index (χ2n) is 10.7. The van der Waals surface area contributed by atoms with E-state index in [0.29, 0.717) is 27.9 Å². The molecule has 0 saturated heterocycles. The largest absolute Gasteiger partial charge is 0.507 e. The lowest BCUT2D eigenvalue weighted by molar-refractivity contribution is 0.0694. The van der Waals surface area contributed by atoms with Crippen LogP contribution in [-0.4, -0.2) is 28.1 Å². The summed E-state index contributed by atoms with van der Waals surface area (Å²) in [5, 5.41) is 22.5. The van der Waals surface area contributed by atoms with Gasteiger partial charge >= 0.3 is 11.9 Å². The number of hydrogen-bond donors (Lipinski definition) is 3. The second kappa shape index (κ2) is 9.85. The Morgan fingerprint density at radius 3 is 1.64 bits per heavy atom. The molecule has 3 rings (SSSR count). The molecular weight excluding hydrogens is 458 g/mol. The molecule has 3 aromatic carbocycles. The van der Waals surface area contributed by atoms with Crippen LogP contribution in [0.15, 0.2) is 60.7 Å². The Balaban J connectivity index is 1.77. The van der Waals surface area contributed by atoms with Crippen molar-refractivity contribution >= 4 is 23.5 Å². The highest BCUT2D eigenvalue weighted by Gasteiger charge is 2.28. The minimum Gasteiger partial charge on any atom is -0.507 e. The number of anilines is 1. The van der Waals surface area contributed by atoms with Crippen LogP contribution in [0.25, 0.3) is 0 Å². The van der Waals surface area contributed by atoms with Crippen LogP contribution in [0, 0.1) is 0 Å². The van der Waals surface area contributed by atoms with Crippen molar-refractivity contribution in [2.75, 3.05) is 5.32 Å². The lowest BCUT2D eigenvalue weighted by Crippen LogP contribution is -2.20. The van der Waals surface area contributed by atoms with E-state index in [1.54, 1.807) is 12.1 Å². The molecule has 0 aliphatic heterocycles. The van der Waals surface area contributed by atoms with E-state index in [9.17, 15) is 19.5 Å². The van der Waals surface area contributed by atoms with E-state index in [4.69, 9.17) is 9.84 Å². The molecule has 0 aliphatic rings. The van der Waals surface area contributed by atoms with Gasteiger partial charge in [0, 0.05) is 22.4 Å². The van der Waals surface area contributed by atoms with Crippen LogP contribution in [0.5, 0.6) is 11.5 Å². The third-order valence-electron chi connectivity index (χ3n) is 5.68. The van der Waals surface area contributed by atoms with E-state index >= 15 is 0 Å². The number of carboxylic acid groups (broad SMARTS) is 1. The van der Waals surface area contributed by atoms with Gasteiger partial charge in [0.2, 0.25) is 0 Å². The molecule has 7 nitrogen and oxygen atoms in total. The highest BCUT2D eigenvalue weighted by molar-refractivity contribution is 6.04. The maximum Gasteiger partial charge on any atom is 0.343 e. The lowest BCUT2D eigenvalue weighted by atomic mass is 9.78. The molecule has 0 aliphatic carbocycles. The first kappa shape index (κ1) is 26.5. The molecule has 36 heavy (non-hydrogen) atoms. The third-order valence-corrected chi connectivity index (χ3v) is 5.68. The van der Waals surface area contributed by atoms with E-state index in [1.165, 1.54) is 48.5 Å². The van der Waals surface area contributed by atoms with E-state index < -0.39 is 11.9 Å². The first-order valence-corrected chi connectivity index (χ1v) is 11.5. The Kier molecular flexibility index (Phi) is 7.25. The summed E-state index contributed by atoms with van der Waals surface area (Å²) in [4.78, 5) is 36.5. The van der Waals surface area contributed by atoms with Crippen molar-refractivity contribution in [3.8, 4) is 11.5 Å². The lowest BCUT2D eigenvalue weighted by Gasteiger charge is -2.27. The number of phenolic OH excluding ortho intramolecular Hbond substituents is 1. The number of carboxylic acids is 1. The Bertz CT molecular complexity index is 1260. The van der Waals surface area contributed by atoms with Gasteiger partial charge in [0.05, 0.1) is 11.1 Å². The molecule has 0 fully saturated rings. The number of benzene rings is 3. The molecule has 0 heterocycles. The van der Waals surface area contributed by atoms with Crippen LogP contribution < -0.4 is 10.1 Å². The molecular formula is C29H31NO6. The number of aromatic carboxylic acids is 1. The Labute approximate surface area is 210 Å². The fourth-order valence-corrected chi connectivity index (χ4v) is 3.64. The zero-order valence-corrected chi connectivity index (χ0v) is 21.3. The van der Waals surface area contributed by atoms with Gasteiger partial charge in [0.1, 0.15) is 11.5 Å². The Hall–Kier alpha value is -4.13. The van der Waals surface area contributed by atoms with Crippen molar-refractivity contribution in [2.45, 2.75) is 52.4 Å². The van der Waals surface area contributed by atoms with Crippen LogP contribution in [0.4, 0.5) is 5.69 Å². The van der Waals surface area contributed by atoms with E-state index in [1.807, 2.05) is 41.5 Å². The van der Waals surface area contributed by atoms with Gasteiger partial charge in [0.15, 0.2) is 0 Å². The summed E-state index contributed by atoms with van der Waals surface area (Å²) >= 11 is 0. The van der Waals surface area contributed by atoms with Crippen molar-refractivity contribution in [1.29, 1.82) is 0 Å². The van der Waals surface area contributed by atoms with E-state index in [-0.39, 0.29) is 33.8 Å². The van der Waals surface area contributed by atoms with Gasteiger partial charge in [0.25, 0.3) is 5.91 Å². The molecule has 0 radical (unpaired) electrons. The summed E-state index contributed by atoms with van der Waals surface area (Å²) in [5.41, 5.74) is 1.79. The quantitative estimate of drug-likeness (QED) is 0.292. The van der Waals surface area contributed by atoms with Crippen LogP contribution in [-0.2, 0) is 10.8 Å². The maximum atomic E-state index is 13.0. The number of esters is 1. The molecule has 0 spiro atoms. The smallest absolute Gasteiger partial charge is 0.343 e. The van der Waals surface area contributed by atoms with E-state index in [0.717, 1.165) is 0 Å². The topological polar surface area (TPSA) is 113 Å². The molecule has 3 aromatic rings. The summed E-state index contributed by atoms with van der Waals surface area (Å²) in [6, 6.07) is 15.2. The molecule has 0 bridgehead atoms. The van der Waals surface area contributed by atoms with Gasteiger partial charge in [-0.3, -0.25) is 4.79 Å². The number of carbonyl (C=O) groups excluding carboxylic acids is 2. The van der Waals surface area contributed by atoms with E-state index in [2.05, 4.69) is 5.32 Å². The normalized spacial score (nSPS) is 11.6. The van der Waals surface area contributed by atoms with Crippen LogP contribution in [0.1, 0.15) is 83.7 Å². The average Bonchev–Trinajstić information content (AvgIpc) is 2.78. The minimum absolute atomic E-state index is 0.122. The van der Waals surface area contributed by atoms with Gasteiger partial charge in [-0.2, -0.15) is 0 Å². The highest BCUT2D eigenvalue weighted by Crippen LogP contribution is 2.40. The van der Waals surface area contributed by atoms with Crippen molar-refractivity contribution in [1.82, 2.24) is 0 Å². The SMILES string of the molecule is CC(C)(C)c1cc(C(=O)Oc2ccc(C(=O)Nc3ccc(C(=O)O)cc3)cc2)cc(C(C)(C)C)c1O. The van der Waals surface area contributed by atoms with Crippen LogP contribution in [0.2, 0.25) is 0 Å². The number of nitrogens with one attached hydrogen (secondary N) is 1. The number of aromatic hydroxyl groups is 1. The fourth-order valence-electron chi connectivity index (χ4n) is 3.64. The number of rotatable bonds is 5. The number of phenols is 1. The predicted octanol–water partition coefficient (Wildman–Crippen LogP) is 6.16. The zero-order valence-electron chi connectivity index (χ0n) is 21.3. The molecule has 3 N–H and O–H groups in total. The van der Waals surface area contributed by atoms with Crippen LogP contribution >= 0.6 is 0 Å². The van der Waals surface area contributed by atoms with Crippen molar-refractivity contribution in [3.63, 3.8) is 0 Å². The molecule has 1 amide bonds. The van der Waals surface area contributed by atoms with Gasteiger partial charge in [-0.1, -0.05) is 41.5 Å². The zero-order chi connectivity index (χ0) is 26.8. The standard InChI is InChI=1S/C29H31NO6/c1-28(2,3)22-15-19(16-23(24(22)31)29(4,5)6)27(35)36-21-13-9-17(10-14-21)25(32)30-20-11-7-18(8-12-20)26(33)34/h7-16,31H,1-6H3,(H,30,32)(H,33,34). The van der Waals surface area contributed by atoms with Gasteiger partial charge in [-0.15, -0.1) is 0 Å². The Morgan fingerprint density at radius 2 is 1.19 bits per heavy atom. The molecule has 0 unspecified atom stereocenters. The first-order chi connectivity index (χ1) is 16.7. The summed E-state index contributed by atoms with van der Waals surface area (Å²) in [6.45, 7) is 11.8. The summed E-state index contributed by atoms with van der Waals surface area (Å²) in [6.07, 6.45) is 0. The average molecular weight is 490 g/mol. The number of carbonyl (C=O) groups is 3. The molecule has 0 saturated carbocycles. The van der Waals surface area contributed by atoms with Crippen molar-refractivity contribution < 1.29 is 29.3 Å². The third kappa shape index (κ3) is 6.10. The summed E-state index contributed by atoms with van der Waals surface area (Å²) < 4.78 is 5.56. The van der Waals surface area contributed by atoms with Gasteiger partial charge < -0.3 is 20.3 Å².